The molecule has 25 heavy (non-hydrogen) atoms. The first-order valence-corrected chi connectivity index (χ1v) is 8.93. The summed E-state index contributed by atoms with van der Waals surface area (Å²) in [5.41, 5.74) is 2.16. The molecule has 5 nitrogen and oxygen atoms in total. The second-order valence-electron chi connectivity index (χ2n) is 5.71. The van der Waals surface area contributed by atoms with Crippen molar-refractivity contribution in [3.8, 4) is 0 Å². The summed E-state index contributed by atoms with van der Waals surface area (Å²) >= 11 is 3.52. The third-order valence-corrected chi connectivity index (χ3v) is 4.70. The van der Waals surface area contributed by atoms with Crippen LogP contribution in [0.2, 0.25) is 0 Å². The molecule has 128 valence electrons. The Bertz CT molecular complexity index is 805. The minimum Gasteiger partial charge on any atom is -0.347 e. The molecule has 3 aromatic rings. The van der Waals surface area contributed by atoms with Gasteiger partial charge in [0.25, 0.3) is 0 Å². The summed E-state index contributed by atoms with van der Waals surface area (Å²) in [6, 6.07) is 17.7. The van der Waals surface area contributed by atoms with Crippen molar-refractivity contribution in [1.29, 1.82) is 0 Å². The van der Waals surface area contributed by atoms with Gasteiger partial charge in [0.2, 0.25) is 5.91 Å². The average Bonchev–Trinajstić information content (AvgIpc) is 3.14. The monoisotopic (exact) mass is 398 g/mol. The van der Waals surface area contributed by atoms with Crippen molar-refractivity contribution in [2.45, 2.75) is 25.4 Å². The van der Waals surface area contributed by atoms with Crippen LogP contribution in [0.1, 0.15) is 23.6 Å². The van der Waals surface area contributed by atoms with E-state index in [2.05, 4.69) is 31.4 Å². The molecule has 0 unspecified atom stereocenters. The normalized spacial score (nSPS) is 11.9. The number of nitrogens with one attached hydrogen (secondary N) is 1. The number of benzene rings is 2. The van der Waals surface area contributed by atoms with Crippen LogP contribution in [0.25, 0.3) is 0 Å². The van der Waals surface area contributed by atoms with Crippen molar-refractivity contribution >= 4 is 21.8 Å². The molecule has 2 aromatic carbocycles. The third-order valence-electron chi connectivity index (χ3n) is 3.93. The topological polar surface area (TPSA) is 59.8 Å². The standard InChI is InChI=1S/C19H19BrN4O/c20-17-9-5-4-6-15(17)10-11-19(25)23-18(14-24-21-12-13-22-24)16-7-2-1-3-8-16/h1-9,12-13,18H,10-11,14H2,(H,23,25)/t18-/m1/s1. The maximum absolute atomic E-state index is 12.5. The van der Waals surface area contributed by atoms with Crippen molar-refractivity contribution in [2.24, 2.45) is 0 Å². The fourth-order valence-electron chi connectivity index (χ4n) is 2.64. The Morgan fingerprint density at radius 1 is 1.04 bits per heavy atom. The summed E-state index contributed by atoms with van der Waals surface area (Å²) in [5.74, 6) is 0.0109. The van der Waals surface area contributed by atoms with Crippen molar-refractivity contribution in [3.63, 3.8) is 0 Å². The van der Waals surface area contributed by atoms with Crippen LogP contribution in [-0.2, 0) is 17.8 Å². The number of rotatable bonds is 7. The molecule has 0 aliphatic carbocycles. The van der Waals surface area contributed by atoms with Crippen LogP contribution in [0.4, 0.5) is 0 Å². The highest BCUT2D eigenvalue weighted by Gasteiger charge is 2.16. The molecule has 0 saturated heterocycles. The second kappa shape index (κ2) is 8.58. The summed E-state index contributed by atoms with van der Waals surface area (Å²) in [4.78, 5) is 14.1. The second-order valence-corrected chi connectivity index (χ2v) is 6.56. The predicted molar refractivity (Wildman–Crippen MR) is 99.8 cm³/mol. The van der Waals surface area contributed by atoms with E-state index in [0.717, 1.165) is 15.6 Å². The van der Waals surface area contributed by atoms with Gasteiger partial charge in [-0.3, -0.25) is 4.79 Å². The van der Waals surface area contributed by atoms with E-state index < -0.39 is 0 Å². The van der Waals surface area contributed by atoms with Crippen molar-refractivity contribution < 1.29 is 4.79 Å². The van der Waals surface area contributed by atoms with Crippen LogP contribution in [0, 0.1) is 0 Å². The Balaban J connectivity index is 1.65. The van der Waals surface area contributed by atoms with Gasteiger partial charge in [-0.15, -0.1) is 0 Å². The molecule has 0 spiro atoms. The van der Waals surface area contributed by atoms with E-state index in [1.54, 1.807) is 17.2 Å². The molecule has 1 aromatic heterocycles. The van der Waals surface area contributed by atoms with Gasteiger partial charge in [-0.1, -0.05) is 64.5 Å². The highest BCUT2D eigenvalue weighted by Crippen LogP contribution is 2.18. The Labute approximate surface area is 155 Å². The summed E-state index contributed by atoms with van der Waals surface area (Å²) in [5, 5.41) is 11.4. The molecule has 1 N–H and O–H groups in total. The highest BCUT2D eigenvalue weighted by atomic mass is 79.9. The Morgan fingerprint density at radius 3 is 2.44 bits per heavy atom. The number of aromatic nitrogens is 3. The van der Waals surface area contributed by atoms with Gasteiger partial charge in [0.15, 0.2) is 0 Å². The SMILES string of the molecule is O=C(CCc1ccccc1Br)N[C@H](Cn1nccn1)c1ccccc1. The Morgan fingerprint density at radius 2 is 1.72 bits per heavy atom. The van der Waals surface area contributed by atoms with Gasteiger partial charge in [-0.05, 0) is 23.6 Å². The van der Waals surface area contributed by atoms with E-state index in [1.807, 2.05) is 54.6 Å². The zero-order valence-corrected chi connectivity index (χ0v) is 15.3. The van der Waals surface area contributed by atoms with Crippen LogP contribution in [0.5, 0.6) is 0 Å². The average molecular weight is 399 g/mol. The molecule has 0 aliphatic heterocycles. The summed E-state index contributed by atoms with van der Waals surface area (Å²) in [6.07, 6.45) is 4.39. The van der Waals surface area contributed by atoms with E-state index in [1.165, 1.54) is 0 Å². The fourth-order valence-corrected chi connectivity index (χ4v) is 3.12. The molecular formula is C19H19BrN4O. The van der Waals surface area contributed by atoms with E-state index in [4.69, 9.17) is 0 Å². The van der Waals surface area contributed by atoms with Crippen LogP contribution in [0.3, 0.4) is 0 Å². The first-order chi connectivity index (χ1) is 12.2. The largest absolute Gasteiger partial charge is 0.347 e. The number of amides is 1. The lowest BCUT2D eigenvalue weighted by Gasteiger charge is -2.19. The molecule has 1 amide bonds. The van der Waals surface area contributed by atoms with Gasteiger partial charge < -0.3 is 5.32 Å². The maximum Gasteiger partial charge on any atom is 0.220 e. The van der Waals surface area contributed by atoms with Gasteiger partial charge >= 0.3 is 0 Å². The molecule has 0 radical (unpaired) electrons. The van der Waals surface area contributed by atoms with Crippen LogP contribution >= 0.6 is 15.9 Å². The molecular weight excluding hydrogens is 380 g/mol. The number of halogens is 1. The molecule has 0 saturated carbocycles. The number of hydrogen-bond acceptors (Lipinski definition) is 3. The lowest BCUT2D eigenvalue weighted by molar-refractivity contribution is -0.121. The summed E-state index contributed by atoms with van der Waals surface area (Å²) in [6.45, 7) is 0.498. The predicted octanol–water partition coefficient (Wildman–Crippen LogP) is 3.53. The quantitative estimate of drug-likeness (QED) is 0.661. The molecule has 3 rings (SSSR count). The van der Waals surface area contributed by atoms with E-state index in [-0.39, 0.29) is 11.9 Å². The van der Waals surface area contributed by atoms with E-state index in [0.29, 0.717) is 19.4 Å². The zero-order valence-electron chi connectivity index (χ0n) is 13.7. The summed E-state index contributed by atoms with van der Waals surface area (Å²) < 4.78 is 1.03. The number of nitrogens with zero attached hydrogens (tertiary/aromatic N) is 3. The zero-order chi connectivity index (χ0) is 17.5. The Hall–Kier alpha value is -2.47. The van der Waals surface area contributed by atoms with Gasteiger partial charge in [-0.2, -0.15) is 15.0 Å². The molecule has 1 atom stereocenters. The van der Waals surface area contributed by atoms with Gasteiger partial charge in [0.05, 0.1) is 25.0 Å². The van der Waals surface area contributed by atoms with Gasteiger partial charge in [0, 0.05) is 10.9 Å². The van der Waals surface area contributed by atoms with Gasteiger partial charge in [0.1, 0.15) is 0 Å². The van der Waals surface area contributed by atoms with Gasteiger partial charge in [-0.25, -0.2) is 0 Å². The van der Waals surface area contributed by atoms with Crippen LogP contribution in [-0.4, -0.2) is 20.9 Å². The highest BCUT2D eigenvalue weighted by molar-refractivity contribution is 9.10. The third kappa shape index (κ3) is 5.00. The van der Waals surface area contributed by atoms with E-state index >= 15 is 0 Å². The van der Waals surface area contributed by atoms with E-state index in [9.17, 15) is 4.79 Å². The smallest absolute Gasteiger partial charge is 0.220 e. The minimum atomic E-state index is -0.166. The molecule has 0 bridgehead atoms. The number of hydrogen-bond donors (Lipinski definition) is 1. The molecule has 0 aliphatic rings. The van der Waals surface area contributed by atoms with Crippen molar-refractivity contribution in [3.05, 3.63) is 82.6 Å². The Kier molecular flexibility index (Phi) is 5.95. The molecule has 0 fully saturated rings. The minimum absolute atomic E-state index is 0.0109. The first kappa shape index (κ1) is 17.4. The van der Waals surface area contributed by atoms with Crippen molar-refractivity contribution in [2.75, 3.05) is 0 Å². The first-order valence-electron chi connectivity index (χ1n) is 8.14. The maximum atomic E-state index is 12.5. The number of carbonyl (C=O) groups excluding carboxylic acids is 1. The number of carbonyl (C=O) groups is 1. The van der Waals surface area contributed by atoms with Crippen molar-refractivity contribution in [1.82, 2.24) is 20.3 Å². The molecule has 1 heterocycles. The fraction of sp³-hybridized carbons (Fsp3) is 0.211. The summed E-state index contributed by atoms with van der Waals surface area (Å²) in [7, 11) is 0. The molecule has 6 heteroatoms. The lowest BCUT2D eigenvalue weighted by atomic mass is 10.1. The van der Waals surface area contributed by atoms with Crippen LogP contribution < -0.4 is 5.32 Å². The number of aryl methyl sites for hydroxylation is 1. The van der Waals surface area contributed by atoms with Crippen LogP contribution in [0.15, 0.2) is 71.5 Å². The lowest BCUT2D eigenvalue weighted by Crippen LogP contribution is -2.32.